The number of sulfonamides is 1. The van der Waals surface area contributed by atoms with Gasteiger partial charge >= 0.3 is 0 Å². The van der Waals surface area contributed by atoms with E-state index in [1.54, 1.807) is 53.4 Å². The lowest BCUT2D eigenvalue weighted by Gasteiger charge is -2.30. The summed E-state index contributed by atoms with van der Waals surface area (Å²) in [6.45, 7) is -0.0877. The molecule has 0 saturated heterocycles. The minimum atomic E-state index is -3.90. The van der Waals surface area contributed by atoms with E-state index in [1.807, 2.05) is 18.2 Å². The van der Waals surface area contributed by atoms with Crippen LogP contribution in [0.3, 0.4) is 0 Å². The largest absolute Gasteiger partial charge is 0.482 e. The Balaban J connectivity index is 1.49. The molecule has 5 rings (SSSR count). The van der Waals surface area contributed by atoms with Crippen LogP contribution in [0.1, 0.15) is 0 Å². The average Bonchev–Trinajstić information content (AvgIpc) is 2.84. The maximum Gasteiger partial charge on any atom is 0.269 e. The fourth-order valence-corrected chi connectivity index (χ4v) is 4.97. The van der Waals surface area contributed by atoms with E-state index in [1.165, 1.54) is 12.1 Å². The lowest BCUT2D eigenvalue weighted by molar-refractivity contribution is -0.120. The highest BCUT2D eigenvalue weighted by Crippen LogP contribution is 2.40. The number of carbonyl (C=O) groups excluding carboxylic acids is 1. The van der Waals surface area contributed by atoms with Gasteiger partial charge in [-0.05, 0) is 83.9 Å². The minimum absolute atomic E-state index is 0.0487. The zero-order chi connectivity index (χ0) is 24.6. The SMILES string of the molecule is O=C1COc2ccc(-c3cccc(NS(=O)(=O)c4ccc(F)cc4)c3)cc2N1c1ccc(Cl)cc1. The summed E-state index contributed by atoms with van der Waals surface area (Å²) in [6.07, 6.45) is 0. The molecule has 4 aromatic rings. The number of ether oxygens (including phenoxy) is 1. The van der Waals surface area contributed by atoms with Gasteiger partial charge in [0.25, 0.3) is 15.9 Å². The number of carbonyl (C=O) groups is 1. The molecule has 1 aliphatic rings. The second-order valence-corrected chi connectivity index (χ2v) is 9.94. The Morgan fingerprint density at radius 1 is 0.886 bits per heavy atom. The fourth-order valence-electron chi connectivity index (χ4n) is 3.80. The summed E-state index contributed by atoms with van der Waals surface area (Å²) in [7, 11) is -3.90. The number of hydrogen-bond acceptors (Lipinski definition) is 4. The molecule has 0 atom stereocenters. The number of anilines is 3. The van der Waals surface area contributed by atoms with Crippen molar-refractivity contribution in [3.05, 3.63) is 102 Å². The Morgan fingerprint density at radius 3 is 2.34 bits per heavy atom. The number of rotatable bonds is 5. The molecule has 6 nitrogen and oxygen atoms in total. The van der Waals surface area contributed by atoms with Gasteiger partial charge in [0.2, 0.25) is 0 Å². The Morgan fingerprint density at radius 2 is 1.60 bits per heavy atom. The molecule has 1 N–H and O–H groups in total. The molecule has 0 aromatic heterocycles. The van der Waals surface area contributed by atoms with E-state index in [2.05, 4.69) is 4.72 Å². The summed E-state index contributed by atoms with van der Waals surface area (Å²) < 4.78 is 46.7. The van der Waals surface area contributed by atoms with Crippen molar-refractivity contribution in [2.45, 2.75) is 4.90 Å². The molecule has 0 bridgehead atoms. The van der Waals surface area contributed by atoms with Crippen LogP contribution in [0.5, 0.6) is 5.75 Å². The summed E-state index contributed by atoms with van der Waals surface area (Å²) in [5.41, 5.74) is 3.04. The van der Waals surface area contributed by atoms with Crippen molar-refractivity contribution < 1.29 is 22.3 Å². The molecule has 4 aromatic carbocycles. The third-order valence-corrected chi connectivity index (χ3v) is 7.11. The van der Waals surface area contributed by atoms with Gasteiger partial charge in [-0.1, -0.05) is 29.8 Å². The number of amides is 1. The first-order chi connectivity index (χ1) is 16.8. The molecule has 0 fully saturated rings. The summed E-state index contributed by atoms with van der Waals surface area (Å²) in [5.74, 6) is -0.192. The Hall–Kier alpha value is -3.88. The maximum atomic E-state index is 13.2. The van der Waals surface area contributed by atoms with E-state index in [-0.39, 0.29) is 17.4 Å². The molecule has 35 heavy (non-hydrogen) atoms. The maximum absolute atomic E-state index is 13.2. The summed E-state index contributed by atoms with van der Waals surface area (Å²) in [5, 5.41) is 0.559. The average molecular weight is 509 g/mol. The van der Waals surface area contributed by atoms with Crippen LogP contribution in [0.2, 0.25) is 5.02 Å². The first kappa shape index (κ1) is 22.9. The van der Waals surface area contributed by atoms with Gasteiger partial charge in [-0.3, -0.25) is 14.4 Å². The molecule has 0 saturated carbocycles. The third kappa shape index (κ3) is 4.71. The predicted molar refractivity (Wildman–Crippen MR) is 133 cm³/mol. The smallest absolute Gasteiger partial charge is 0.269 e. The van der Waals surface area contributed by atoms with Crippen LogP contribution in [0.25, 0.3) is 11.1 Å². The number of benzene rings is 4. The number of nitrogens with zero attached hydrogens (tertiary/aromatic N) is 1. The van der Waals surface area contributed by atoms with Crippen molar-refractivity contribution in [3.63, 3.8) is 0 Å². The van der Waals surface area contributed by atoms with Gasteiger partial charge in [-0.15, -0.1) is 0 Å². The van der Waals surface area contributed by atoms with Gasteiger partial charge in [-0.25, -0.2) is 12.8 Å². The van der Waals surface area contributed by atoms with E-state index >= 15 is 0 Å². The molecule has 9 heteroatoms. The monoisotopic (exact) mass is 508 g/mol. The van der Waals surface area contributed by atoms with E-state index in [0.29, 0.717) is 27.8 Å². The van der Waals surface area contributed by atoms with Gasteiger partial charge in [0.05, 0.1) is 10.6 Å². The number of fused-ring (bicyclic) bond motifs is 1. The number of hydrogen-bond donors (Lipinski definition) is 1. The van der Waals surface area contributed by atoms with Crippen LogP contribution < -0.4 is 14.4 Å². The third-order valence-electron chi connectivity index (χ3n) is 5.46. The van der Waals surface area contributed by atoms with Crippen LogP contribution in [-0.2, 0) is 14.8 Å². The van der Waals surface area contributed by atoms with Crippen LogP contribution in [0.4, 0.5) is 21.5 Å². The normalized spacial score (nSPS) is 13.2. The molecule has 0 aliphatic carbocycles. The Bertz CT molecular complexity index is 1520. The number of nitrogens with one attached hydrogen (secondary N) is 1. The lowest BCUT2D eigenvalue weighted by atomic mass is 10.0. The van der Waals surface area contributed by atoms with E-state index in [4.69, 9.17) is 16.3 Å². The quantitative estimate of drug-likeness (QED) is 0.358. The van der Waals surface area contributed by atoms with E-state index < -0.39 is 15.8 Å². The molecule has 0 unspecified atom stereocenters. The zero-order valence-electron chi connectivity index (χ0n) is 18.1. The highest BCUT2D eigenvalue weighted by molar-refractivity contribution is 7.92. The van der Waals surface area contributed by atoms with Crippen molar-refractivity contribution >= 4 is 44.6 Å². The van der Waals surface area contributed by atoms with E-state index in [0.717, 1.165) is 23.3 Å². The first-order valence-corrected chi connectivity index (χ1v) is 12.4. The van der Waals surface area contributed by atoms with Crippen molar-refractivity contribution in [1.82, 2.24) is 0 Å². The lowest BCUT2D eigenvalue weighted by Crippen LogP contribution is -2.35. The second kappa shape index (κ2) is 9.05. The van der Waals surface area contributed by atoms with Gasteiger partial charge in [0, 0.05) is 16.4 Å². The molecule has 176 valence electrons. The standard InChI is InChI=1S/C26H18ClFN2O4S/c27-19-5-9-22(10-6-19)30-24-15-18(4-13-25(24)34-16-26(30)31)17-2-1-3-21(14-17)29-35(32,33)23-11-7-20(28)8-12-23/h1-15,29H,16H2. The minimum Gasteiger partial charge on any atom is -0.482 e. The van der Waals surface area contributed by atoms with Gasteiger partial charge < -0.3 is 4.74 Å². The van der Waals surface area contributed by atoms with Crippen LogP contribution in [0, 0.1) is 5.82 Å². The van der Waals surface area contributed by atoms with Crippen LogP contribution in [0.15, 0.2) is 95.9 Å². The predicted octanol–water partition coefficient (Wildman–Crippen LogP) is 6.00. The second-order valence-electron chi connectivity index (χ2n) is 7.82. The van der Waals surface area contributed by atoms with Crippen LogP contribution >= 0.6 is 11.6 Å². The molecule has 0 spiro atoms. The van der Waals surface area contributed by atoms with Gasteiger partial charge in [0.15, 0.2) is 6.61 Å². The summed E-state index contributed by atoms with van der Waals surface area (Å²) in [4.78, 5) is 14.2. The van der Waals surface area contributed by atoms with Crippen molar-refractivity contribution in [3.8, 4) is 16.9 Å². The van der Waals surface area contributed by atoms with Crippen molar-refractivity contribution in [2.24, 2.45) is 0 Å². The van der Waals surface area contributed by atoms with Crippen molar-refractivity contribution in [1.29, 1.82) is 0 Å². The Labute approximate surface area is 206 Å². The molecule has 1 amide bonds. The molecular formula is C26H18ClFN2O4S. The topological polar surface area (TPSA) is 75.7 Å². The fraction of sp³-hybridized carbons (Fsp3) is 0.0385. The molecule has 1 heterocycles. The highest BCUT2D eigenvalue weighted by Gasteiger charge is 2.27. The molecule has 0 radical (unpaired) electrons. The highest BCUT2D eigenvalue weighted by atomic mass is 35.5. The van der Waals surface area contributed by atoms with Crippen LogP contribution in [-0.4, -0.2) is 20.9 Å². The molecule has 1 aliphatic heterocycles. The first-order valence-electron chi connectivity index (χ1n) is 10.5. The molecular weight excluding hydrogens is 491 g/mol. The zero-order valence-corrected chi connectivity index (χ0v) is 19.7. The summed E-state index contributed by atoms with van der Waals surface area (Å²) in [6, 6.07) is 23.8. The van der Waals surface area contributed by atoms with E-state index in [9.17, 15) is 17.6 Å². The van der Waals surface area contributed by atoms with Gasteiger partial charge in [0.1, 0.15) is 11.6 Å². The van der Waals surface area contributed by atoms with Crippen molar-refractivity contribution in [2.75, 3.05) is 16.2 Å². The summed E-state index contributed by atoms with van der Waals surface area (Å²) >= 11 is 6.01. The Kier molecular flexibility index (Phi) is 5.92. The van der Waals surface area contributed by atoms with Gasteiger partial charge in [-0.2, -0.15) is 0 Å². The number of halogens is 2.